The van der Waals surface area contributed by atoms with Crippen molar-refractivity contribution in [3.05, 3.63) is 62.2 Å². The van der Waals surface area contributed by atoms with Gasteiger partial charge >= 0.3 is 6.09 Å². The van der Waals surface area contributed by atoms with Crippen LogP contribution in [0.5, 0.6) is 5.75 Å². The SMILES string of the molecule is Cc1ccc(NC(=O)OCCOc2cc(C)c(Cl)c(C)c2)cc1[N+](=O)[O-]. The van der Waals surface area contributed by atoms with E-state index >= 15 is 0 Å². The van der Waals surface area contributed by atoms with Crippen molar-refractivity contribution in [3.63, 3.8) is 0 Å². The lowest BCUT2D eigenvalue weighted by atomic mass is 10.1. The number of nitrogens with zero attached hydrogens (tertiary/aromatic N) is 1. The van der Waals surface area contributed by atoms with E-state index in [0.717, 1.165) is 11.1 Å². The van der Waals surface area contributed by atoms with Gasteiger partial charge in [-0.15, -0.1) is 0 Å². The van der Waals surface area contributed by atoms with E-state index in [1.165, 1.54) is 6.07 Å². The number of rotatable bonds is 6. The summed E-state index contributed by atoms with van der Waals surface area (Å²) >= 11 is 6.09. The van der Waals surface area contributed by atoms with Crippen molar-refractivity contribution in [1.29, 1.82) is 0 Å². The zero-order chi connectivity index (χ0) is 19.3. The first kappa shape index (κ1) is 19.5. The van der Waals surface area contributed by atoms with Gasteiger partial charge in [0.1, 0.15) is 19.0 Å². The Balaban J connectivity index is 1.82. The van der Waals surface area contributed by atoms with E-state index in [4.69, 9.17) is 21.1 Å². The van der Waals surface area contributed by atoms with Crippen LogP contribution in [0, 0.1) is 30.9 Å². The summed E-state index contributed by atoms with van der Waals surface area (Å²) in [7, 11) is 0. The molecule has 7 nitrogen and oxygen atoms in total. The maximum atomic E-state index is 11.8. The van der Waals surface area contributed by atoms with Crippen LogP contribution in [0.3, 0.4) is 0 Å². The van der Waals surface area contributed by atoms with Gasteiger partial charge in [-0.3, -0.25) is 15.4 Å². The fourth-order valence-corrected chi connectivity index (χ4v) is 2.43. The molecule has 0 saturated carbocycles. The topological polar surface area (TPSA) is 90.7 Å². The molecule has 0 aromatic heterocycles. The smallest absolute Gasteiger partial charge is 0.411 e. The van der Waals surface area contributed by atoms with Crippen molar-refractivity contribution in [3.8, 4) is 5.75 Å². The number of nitro benzene ring substituents is 1. The standard InChI is InChI=1S/C18H19ClN2O5/c1-11-4-5-14(10-16(11)21(23)24)20-18(22)26-7-6-25-15-8-12(2)17(19)13(3)9-15/h4-5,8-10H,6-7H2,1-3H3,(H,20,22). The number of benzene rings is 2. The summed E-state index contributed by atoms with van der Waals surface area (Å²) in [5.74, 6) is 0.641. The van der Waals surface area contributed by atoms with Crippen molar-refractivity contribution in [1.82, 2.24) is 0 Å². The van der Waals surface area contributed by atoms with Crippen LogP contribution in [0.25, 0.3) is 0 Å². The van der Waals surface area contributed by atoms with Crippen molar-refractivity contribution in [2.24, 2.45) is 0 Å². The molecule has 0 aliphatic carbocycles. The minimum atomic E-state index is -0.713. The first-order valence-electron chi connectivity index (χ1n) is 7.86. The van der Waals surface area contributed by atoms with Crippen LogP contribution in [0.1, 0.15) is 16.7 Å². The minimum absolute atomic E-state index is 0.0283. The van der Waals surface area contributed by atoms with E-state index in [-0.39, 0.29) is 24.6 Å². The van der Waals surface area contributed by atoms with Gasteiger partial charge < -0.3 is 9.47 Å². The normalized spacial score (nSPS) is 10.3. The Morgan fingerprint density at radius 2 is 1.77 bits per heavy atom. The van der Waals surface area contributed by atoms with E-state index in [9.17, 15) is 14.9 Å². The average Bonchev–Trinajstić information content (AvgIpc) is 2.58. The first-order valence-corrected chi connectivity index (χ1v) is 8.24. The van der Waals surface area contributed by atoms with E-state index in [0.29, 0.717) is 16.3 Å². The zero-order valence-electron chi connectivity index (χ0n) is 14.7. The van der Waals surface area contributed by atoms with Crippen LogP contribution in [-0.2, 0) is 4.74 Å². The van der Waals surface area contributed by atoms with Crippen LogP contribution in [0.2, 0.25) is 5.02 Å². The van der Waals surface area contributed by atoms with Crippen LogP contribution in [0.4, 0.5) is 16.2 Å². The number of ether oxygens (including phenoxy) is 2. The molecule has 1 amide bonds. The molecular formula is C18H19ClN2O5. The molecule has 1 N–H and O–H groups in total. The molecule has 0 aliphatic heterocycles. The third-order valence-electron chi connectivity index (χ3n) is 3.65. The molecule has 2 aromatic carbocycles. The largest absolute Gasteiger partial charge is 0.490 e. The number of nitro groups is 1. The number of aryl methyl sites for hydroxylation is 3. The summed E-state index contributed by atoms with van der Waals surface area (Å²) in [5.41, 5.74) is 2.54. The minimum Gasteiger partial charge on any atom is -0.490 e. The zero-order valence-corrected chi connectivity index (χ0v) is 15.4. The number of anilines is 1. The molecule has 2 aromatic rings. The van der Waals surface area contributed by atoms with Crippen LogP contribution >= 0.6 is 11.6 Å². The summed E-state index contributed by atoms with van der Waals surface area (Å²) in [4.78, 5) is 22.2. The highest BCUT2D eigenvalue weighted by molar-refractivity contribution is 6.32. The predicted molar refractivity (Wildman–Crippen MR) is 99.2 cm³/mol. The summed E-state index contributed by atoms with van der Waals surface area (Å²) < 4.78 is 10.5. The predicted octanol–water partition coefficient (Wildman–Crippen LogP) is 4.80. The average molecular weight is 379 g/mol. The highest BCUT2D eigenvalue weighted by atomic mass is 35.5. The van der Waals surface area contributed by atoms with Gasteiger partial charge in [0.25, 0.3) is 5.69 Å². The molecule has 0 saturated heterocycles. The number of nitrogens with one attached hydrogen (secondary N) is 1. The maximum absolute atomic E-state index is 11.8. The number of hydrogen-bond donors (Lipinski definition) is 1. The Hall–Kier alpha value is -2.80. The number of carbonyl (C=O) groups excluding carboxylic acids is 1. The molecular weight excluding hydrogens is 360 g/mol. The Morgan fingerprint density at radius 1 is 1.12 bits per heavy atom. The monoisotopic (exact) mass is 378 g/mol. The van der Waals surface area contributed by atoms with Gasteiger partial charge in [0.2, 0.25) is 0 Å². The number of halogens is 1. The van der Waals surface area contributed by atoms with E-state index in [1.54, 1.807) is 31.2 Å². The lowest BCUT2D eigenvalue weighted by Gasteiger charge is -2.11. The van der Waals surface area contributed by atoms with E-state index < -0.39 is 11.0 Å². The summed E-state index contributed by atoms with van der Waals surface area (Å²) in [6.45, 7) is 5.58. The molecule has 2 rings (SSSR count). The second-order valence-electron chi connectivity index (χ2n) is 5.74. The van der Waals surface area contributed by atoms with Crippen LogP contribution in [-0.4, -0.2) is 24.2 Å². The summed E-state index contributed by atoms with van der Waals surface area (Å²) in [5, 5.41) is 14.1. The molecule has 0 heterocycles. The Bertz CT molecular complexity index is 815. The molecule has 0 bridgehead atoms. The summed E-state index contributed by atoms with van der Waals surface area (Å²) in [6, 6.07) is 8.02. The Morgan fingerprint density at radius 3 is 2.38 bits per heavy atom. The number of carbonyl (C=O) groups is 1. The number of amides is 1. The highest BCUT2D eigenvalue weighted by Crippen LogP contribution is 2.26. The van der Waals surface area contributed by atoms with Gasteiger partial charge in [-0.05, 0) is 50.1 Å². The third kappa shape index (κ3) is 5.10. The molecule has 8 heteroatoms. The van der Waals surface area contributed by atoms with Crippen molar-refractivity contribution in [2.75, 3.05) is 18.5 Å². The molecule has 0 radical (unpaired) electrons. The van der Waals surface area contributed by atoms with Crippen molar-refractivity contribution in [2.45, 2.75) is 20.8 Å². The number of hydrogen-bond acceptors (Lipinski definition) is 5. The molecule has 0 spiro atoms. The molecule has 0 atom stereocenters. The van der Waals surface area contributed by atoms with Crippen molar-refractivity contribution >= 4 is 29.1 Å². The van der Waals surface area contributed by atoms with Gasteiger partial charge in [0.15, 0.2) is 0 Å². The van der Waals surface area contributed by atoms with Gasteiger partial charge in [0.05, 0.1) is 10.6 Å². The fourth-order valence-electron chi connectivity index (χ4n) is 2.32. The van der Waals surface area contributed by atoms with E-state index in [1.807, 2.05) is 13.8 Å². The van der Waals surface area contributed by atoms with Gasteiger partial charge in [-0.1, -0.05) is 17.7 Å². The molecule has 26 heavy (non-hydrogen) atoms. The Labute approximate surface area is 156 Å². The van der Waals surface area contributed by atoms with Crippen molar-refractivity contribution < 1.29 is 19.2 Å². The quantitative estimate of drug-likeness (QED) is 0.443. The van der Waals surface area contributed by atoms with Crippen LogP contribution < -0.4 is 10.1 Å². The fraction of sp³-hybridized carbons (Fsp3) is 0.278. The molecule has 138 valence electrons. The first-order chi connectivity index (χ1) is 12.3. The molecule has 0 unspecified atom stereocenters. The van der Waals surface area contributed by atoms with Gasteiger partial charge in [-0.2, -0.15) is 0 Å². The second kappa shape index (κ2) is 8.53. The summed E-state index contributed by atoms with van der Waals surface area (Å²) in [6.07, 6.45) is -0.713. The van der Waals surface area contributed by atoms with Gasteiger partial charge in [0, 0.05) is 16.7 Å². The molecule has 0 fully saturated rings. The van der Waals surface area contributed by atoms with E-state index in [2.05, 4.69) is 5.32 Å². The highest BCUT2D eigenvalue weighted by Gasteiger charge is 2.12. The van der Waals surface area contributed by atoms with Crippen LogP contribution in [0.15, 0.2) is 30.3 Å². The lowest BCUT2D eigenvalue weighted by molar-refractivity contribution is -0.385. The maximum Gasteiger partial charge on any atom is 0.411 e. The van der Waals surface area contributed by atoms with Gasteiger partial charge in [-0.25, -0.2) is 4.79 Å². The Kier molecular flexibility index (Phi) is 6.41. The molecule has 0 aliphatic rings. The second-order valence-corrected chi connectivity index (χ2v) is 6.12. The lowest BCUT2D eigenvalue weighted by Crippen LogP contribution is -2.17. The third-order valence-corrected chi connectivity index (χ3v) is 4.24.